The minimum absolute atomic E-state index is 0.426. The molecule has 0 aromatic carbocycles. The summed E-state index contributed by atoms with van der Waals surface area (Å²) in [7, 11) is 0. The molecule has 0 amide bonds. The number of unbranched alkanes of at least 4 members (excludes halogenated alkanes) is 1. The second-order valence-electron chi connectivity index (χ2n) is 3.16. The van der Waals surface area contributed by atoms with Crippen molar-refractivity contribution in [1.29, 1.82) is 0 Å². The van der Waals surface area contributed by atoms with Crippen LogP contribution in [-0.2, 0) is 9.59 Å². The molecule has 5 heteroatoms. The van der Waals surface area contributed by atoms with Crippen molar-refractivity contribution < 1.29 is 19.8 Å². The quantitative estimate of drug-likeness (QED) is 0.561. The standard InChI is InChI=1S/C7H15Cl.C4H4O4/c1-3-5-6-7(8)4-2;5-3(6)1-2-4(7)8/h7H,3-6H2,1-2H3;1-2H,(H,5,6)(H,7,8)/b;2-1+. The van der Waals surface area contributed by atoms with E-state index >= 15 is 0 Å². The molecule has 0 bridgehead atoms. The summed E-state index contributed by atoms with van der Waals surface area (Å²) in [4.78, 5) is 19.1. The van der Waals surface area contributed by atoms with E-state index in [-0.39, 0.29) is 0 Å². The van der Waals surface area contributed by atoms with Crippen LogP contribution in [0.15, 0.2) is 12.2 Å². The molecule has 1 atom stereocenters. The fourth-order valence-electron chi connectivity index (χ4n) is 0.772. The van der Waals surface area contributed by atoms with Gasteiger partial charge < -0.3 is 10.2 Å². The van der Waals surface area contributed by atoms with Crippen LogP contribution < -0.4 is 0 Å². The van der Waals surface area contributed by atoms with Gasteiger partial charge in [0, 0.05) is 17.5 Å². The number of aliphatic carboxylic acids is 2. The molecule has 0 heterocycles. The Morgan fingerprint density at radius 3 is 1.88 bits per heavy atom. The summed E-state index contributed by atoms with van der Waals surface area (Å²) in [5.74, 6) is -2.51. The van der Waals surface area contributed by atoms with Gasteiger partial charge in [0.15, 0.2) is 0 Å². The maximum Gasteiger partial charge on any atom is 0.328 e. The lowest BCUT2D eigenvalue weighted by atomic mass is 10.2. The van der Waals surface area contributed by atoms with Crippen molar-refractivity contribution in [2.75, 3.05) is 0 Å². The Morgan fingerprint density at radius 2 is 1.62 bits per heavy atom. The third-order valence-electron chi connectivity index (χ3n) is 1.68. The highest BCUT2D eigenvalue weighted by molar-refractivity contribution is 6.20. The molecule has 0 radical (unpaired) electrons. The molecule has 0 aliphatic heterocycles. The van der Waals surface area contributed by atoms with Gasteiger partial charge in [-0.05, 0) is 12.8 Å². The molecular weight excluding hydrogens is 232 g/mol. The molecular formula is C11H19ClO4. The Bertz CT molecular complexity index is 210. The van der Waals surface area contributed by atoms with Crippen LogP contribution in [0.3, 0.4) is 0 Å². The van der Waals surface area contributed by atoms with Gasteiger partial charge >= 0.3 is 11.9 Å². The predicted molar refractivity (Wildman–Crippen MR) is 63.9 cm³/mol. The van der Waals surface area contributed by atoms with Gasteiger partial charge in [-0.1, -0.05) is 26.7 Å². The lowest BCUT2D eigenvalue weighted by molar-refractivity contribution is -0.134. The van der Waals surface area contributed by atoms with Crippen LogP contribution in [0.1, 0.15) is 39.5 Å². The first-order valence-electron chi connectivity index (χ1n) is 5.22. The van der Waals surface area contributed by atoms with Crippen LogP contribution >= 0.6 is 11.6 Å². The number of carbonyl (C=O) groups is 2. The highest BCUT2D eigenvalue weighted by atomic mass is 35.5. The van der Waals surface area contributed by atoms with Gasteiger partial charge in [-0.15, -0.1) is 11.6 Å². The zero-order valence-electron chi connectivity index (χ0n) is 9.65. The molecule has 0 rings (SSSR count). The summed E-state index contributed by atoms with van der Waals surface area (Å²) in [6.45, 7) is 4.33. The summed E-state index contributed by atoms with van der Waals surface area (Å²) in [5, 5.41) is 16.1. The molecule has 0 saturated heterocycles. The van der Waals surface area contributed by atoms with E-state index in [0.717, 1.165) is 6.42 Å². The van der Waals surface area contributed by atoms with E-state index in [2.05, 4.69) is 13.8 Å². The van der Waals surface area contributed by atoms with Gasteiger partial charge in [0.2, 0.25) is 0 Å². The molecule has 0 aliphatic rings. The van der Waals surface area contributed by atoms with Crippen LogP contribution in [-0.4, -0.2) is 27.5 Å². The molecule has 0 aliphatic carbocycles. The van der Waals surface area contributed by atoms with Gasteiger partial charge in [-0.25, -0.2) is 9.59 Å². The average molecular weight is 251 g/mol. The van der Waals surface area contributed by atoms with Gasteiger partial charge in [-0.3, -0.25) is 0 Å². The first-order valence-corrected chi connectivity index (χ1v) is 5.65. The number of carboxylic acid groups (broad SMARTS) is 2. The van der Waals surface area contributed by atoms with Crippen molar-refractivity contribution >= 4 is 23.5 Å². The maximum absolute atomic E-state index is 9.55. The smallest absolute Gasteiger partial charge is 0.328 e. The number of hydrogen-bond donors (Lipinski definition) is 2. The van der Waals surface area contributed by atoms with Crippen molar-refractivity contribution in [3.63, 3.8) is 0 Å². The van der Waals surface area contributed by atoms with Crippen LogP contribution in [0, 0.1) is 0 Å². The first kappa shape index (κ1) is 17.4. The number of carboxylic acids is 2. The Hall–Kier alpha value is -1.03. The lowest BCUT2D eigenvalue weighted by Gasteiger charge is -2.01. The summed E-state index contributed by atoms with van der Waals surface area (Å²) in [5.41, 5.74) is 0. The minimum atomic E-state index is -1.26. The van der Waals surface area contributed by atoms with E-state index in [9.17, 15) is 9.59 Å². The summed E-state index contributed by atoms with van der Waals surface area (Å²) >= 11 is 5.84. The van der Waals surface area contributed by atoms with Crippen molar-refractivity contribution in [3.8, 4) is 0 Å². The molecule has 16 heavy (non-hydrogen) atoms. The Balaban J connectivity index is 0. The van der Waals surface area contributed by atoms with Crippen molar-refractivity contribution in [2.24, 2.45) is 0 Å². The second kappa shape index (κ2) is 12.0. The maximum atomic E-state index is 9.55. The highest BCUT2D eigenvalue weighted by Crippen LogP contribution is 2.09. The molecule has 2 N–H and O–H groups in total. The minimum Gasteiger partial charge on any atom is -0.478 e. The van der Waals surface area contributed by atoms with Crippen molar-refractivity contribution in [1.82, 2.24) is 0 Å². The van der Waals surface area contributed by atoms with E-state index in [4.69, 9.17) is 21.8 Å². The van der Waals surface area contributed by atoms with Gasteiger partial charge in [0.05, 0.1) is 0 Å². The second-order valence-corrected chi connectivity index (χ2v) is 3.77. The van der Waals surface area contributed by atoms with Gasteiger partial charge in [0.25, 0.3) is 0 Å². The van der Waals surface area contributed by atoms with Crippen LogP contribution in [0.25, 0.3) is 0 Å². The summed E-state index contributed by atoms with van der Waals surface area (Å²) in [6.07, 6.45) is 5.96. The zero-order valence-corrected chi connectivity index (χ0v) is 10.4. The van der Waals surface area contributed by atoms with Crippen LogP contribution in [0.2, 0.25) is 0 Å². The third-order valence-corrected chi connectivity index (χ3v) is 2.21. The van der Waals surface area contributed by atoms with Crippen molar-refractivity contribution in [3.05, 3.63) is 12.2 Å². The Kier molecular flexibility index (Phi) is 13.1. The predicted octanol–water partition coefficient (Wildman–Crippen LogP) is 2.91. The lowest BCUT2D eigenvalue weighted by Crippen LogP contribution is -1.93. The van der Waals surface area contributed by atoms with E-state index in [1.54, 1.807) is 0 Å². The Morgan fingerprint density at radius 1 is 1.19 bits per heavy atom. The summed E-state index contributed by atoms with van der Waals surface area (Å²) < 4.78 is 0. The van der Waals surface area contributed by atoms with E-state index in [0.29, 0.717) is 17.5 Å². The van der Waals surface area contributed by atoms with Crippen LogP contribution in [0.5, 0.6) is 0 Å². The average Bonchev–Trinajstić information content (AvgIpc) is 2.23. The fourth-order valence-corrected chi connectivity index (χ4v) is 0.927. The summed E-state index contributed by atoms with van der Waals surface area (Å²) in [6, 6.07) is 0. The number of halogens is 1. The first-order chi connectivity index (χ1) is 7.43. The van der Waals surface area contributed by atoms with E-state index in [1.807, 2.05) is 0 Å². The van der Waals surface area contributed by atoms with Crippen LogP contribution in [0.4, 0.5) is 0 Å². The van der Waals surface area contributed by atoms with Gasteiger partial charge in [-0.2, -0.15) is 0 Å². The molecule has 0 saturated carbocycles. The topological polar surface area (TPSA) is 74.6 Å². The number of alkyl halides is 1. The van der Waals surface area contributed by atoms with Crippen molar-refractivity contribution in [2.45, 2.75) is 44.9 Å². The largest absolute Gasteiger partial charge is 0.478 e. The van der Waals surface area contributed by atoms with Gasteiger partial charge in [0.1, 0.15) is 0 Å². The zero-order chi connectivity index (χ0) is 13.0. The monoisotopic (exact) mass is 250 g/mol. The molecule has 1 unspecified atom stereocenters. The molecule has 94 valence electrons. The number of hydrogen-bond acceptors (Lipinski definition) is 2. The molecule has 0 spiro atoms. The molecule has 0 aromatic rings. The molecule has 0 fully saturated rings. The molecule has 4 nitrogen and oxygen atoms in total. The van der Waals surface area contributed by atoms with E-state index in [1.165, 1.54) is 19.3 Å². The van der Waals surface area contributed by atoms with E-state index < -0.39 is 11.9 Å². The number of rotatable bonds is 6. The highest BCUT2D eigenvalue weighted by Gasteiger charge is 1.97. The third kappa shape index (κ3) is 18.7. The fraction of sp³-hybridized carbons (Fsp3) is 0.636. The molecule has 0 aromatic heterocycles. The normalized spacial score (nSPS) is 11.7. The Labute approximate surface area is 101 Å². The SMILES string of the molecule is CCCCC(Cl)CC.O=C(O)/C=C/C(=O)O.